The first-order valence-corrected chi connectivity index (χ1v) is 18.3. The molecule has 1 fully saturated rings. The van der Waals surface area contributed by atoms with Crippen molar-refractivity contribution in [2.24, 2.45) is 0 Å². The molecule has 4 aromatic carbocycles. The summed E-state index contributed by atoms with van der Waals surface area (Å²) in [5, 5.41) is 0.486. The van der Waals surface area contributed by atoms with E-state index in [1.54, 1.807) is 4.90 Å². The summed E-state index contributed by atoms with van der Waals surface area (Å²) in [6, 6.07) is 23.7. The molecule has 278 valence electrons. The van der Waals surface area contributed by atoms with Crippen LogP contribution in [0.3, 0.4) is 0 Å². The molecule has 1 aliphatic heterocycles. The van der Waals surface area contributed by atoms with Gasteiger partial charge in [-0.05, 0) is 123 Å². The highest BCUT2D eigenvalue weighted by Gasteiger charge is 2.30. The number of fused-ring (bicyclic) bond motifs is 1. The largest absolute Gasteiger partial charge is 0.416 e. The Labute approximate surface area is 306 Å². The number of alkyl halides is 3. The molecule has 0 spiro atoms. The molecule has 1 aliphatic rings. The Balaban J connectivity index is 1.24. The van der Waals surface area contributed by atoms with Gasteiger partial charge in [-0.2, -0.15) is 13.2 Å². The van der Waals surface area contributed by atoms with Gasteiger partial charge in [0.1, 0.15) is 6.54 Å². The lowest BCUT2D eigenvalue weighted by Gasteiger charge is -2.26. The topological polar surface area (TPSA) is 45.6 Å². The monoisotopic (exact) mass is 729 g/mol. The number of aryl methyl sites for hydroxylation is 3. The number of likely N-dealkylation sites (N-methyl/N-ethyl adjacent to an activating group) is 1. The van der Waals surface area contributed by atoms with Crippen LogP contribution in [-0.4, -0.2) is 46.5 Å². The van der Waals surface area contributed by atoms with E-state index in [-0.39, 0.29) is 36.3 Å². The highest BCUT2D eigenvalue weighted by molar-refractivity contribution is 5.83. The number of benzene rings is 4. The van der Waals surface area contributed by atoms with Crippen LogP contribution in [0.4, 0.5) is 22.0 Å². The average Bonchev–Trinajstić information content (AvgIpc) is 3.16. The van der Waals surface area contributed by atoms with Gasteiger partial charge in [-0.3, -0.25) is 9.59 Å². The second-order valence-electron chi connectivity index (χ2n) is 13.8. The van der Waals surface area contributed by atoms with E-state index in [0.717, 1.165) is 67.4 Å². The van der Waals surface area contributed by atoms with Crippen LogP contribution >= 0.6 is 0 Å². The number of pyridine rings is 1. The fourth-order valence-corrected chi connectivity index (χ4v) is 7.20. The third-order valence-electron chi connectivity index (χ3n) is 10.2. The zero-order valence-corrected chi connectivity index (χ0v) is 29.9. The van der Waals surface area contributed by atoms with Gasteiger partial charge in [0.25, 0.3) is 0 Å². The number of halogens is 5. The van der Waals surface area contributed by atoms with Gasteiger partial charge in [-0.25, -0.2) is 8.78 Å². The number of amides is 1. The molecule has 2 heterocycles. The number of rotatable bonds is 13. The highest BCUT2D eigenvalue weighted by atomic mass is 19.4. The van der Waals surface area contributed by atoms with Gasteiger partial charge in [-0.1, -0.05) is 61.0 Å². The minimum atomic E-state index is -4.41. The van der Waals surface area contributed by atoms with Crippen molar-refractivity contribution in [3.8, 4) is 11.1 Å². The van der Waals surface area contributed by atoms with Crippen molar-refractivity contribution in [3.05, 3.63) is 141 Å². The smallest absolute Gasteiger partial charge is 0.337 e. The summed E-state index contributed by atoms with van der Waals surface area (Å²) in [7, 11) is 0. The van der Waals surface area contributed by atoms with Crippen molar-refractivity contribution in [3.63, 3.8) is 0 Å². The van der Waals surface area contributed by atoms with Crippen LogP contribution in [-0.2, 0) is 43.3 Å². The molecule has 0 radical (unpaired) electrons. The molecule has 0 bridgehead atoms. The fraction of sp³-hybridized carbons (Fsp3) is 0.349. The maximum Gasteiger partial charge on any atom is 0.416 e. The Hall–Kier alpha value is -4.83. The van der Waals surface area contributed by atoms with E-state index >= 15 is 0 Å². The number of hydrogen-bond donors (Lipinski definition) is 0. The molecule has 6 rings (SSSR count). The molecule has 0 N–H and O–H groups in total. The molecular formula is C43H44F5N3O2. The quantitative estimate of drug-likeness (QED) is 0.114. The van der Waals surface area contributed by atoms with Gasteiger partial charge in [-0.15, -0.1) is 0 Å². The van der Waals surface area contributed by atoms with Gasteiger partial charge in [0.2, 0.25) is 5.91 Å². The normalized spacial score (nSPS) is 13.8. The van der Waals surface area contributed by atoms with Crippen LogP contribution in [0, 0.1) is 11.6 Å². The summed E-state index contributed by atoms with van der Waals surface area (Å²) >= 11 is 0. The van der Waals surface area contributed by atoms with Crippen LogP contribution in [0.1, 0.15) is 60.6 Å². The Bertz CT molecular complexity index is 2090. The van der Waals surface area contributed by atoms with Crippen LogP contribution in [0.5, 0.6) is 0 Å². The first kappa shape index (κ1) is 37.9. The van der Waals surface area contributed by atoms with Crippen molar-refractivity contribution in [1.82, 2.24) is 14.4 Å². The lowest BCUT2D eigenvalue weighted by atomic mass is 10.0. The van der Waals surface area contributed by atoms with E-state index in [1.807, 2.05) is 54.0 Å². The van der Waals surface area contributed by atoms with Crippen molar-refractivity contribution >= 4 is 16.8 Å². The SMILES string of the molecule is CCN(Cc1ccc(-c2ccc(C(F)(F)F)cc2)cc1)C(=O)Cn1c(CCc2cccc(F)c2F)cc(=O)c2ccc(CCCN3CCCCC3)cc21. The molecule has 0 saturated carbocycles. The van der Waals surface area contributed by atoms with Gasteiger partial charge < -0.3 is 14.4 Å². The number of piperidine rings is 1. The number of hydrogen-bond acceptors (Lipinski definition) is 3. The van der Waals surface area contributed by atoms with E-state index in [2.05, 4.69) is 4.90 Å². The predicted molar refractivity (Wildman–Crippen MR) is 199 cm³/mol. The predicted octanol–water partition coefficient (Wildman–Crippen LogP) is 9.22. The minimum Gasteiger partial charge on any atom is -0.337 e. The van der Waals surface area contributed by atoms with E-state index in [0.29, 0.717) is 35.2 Å². The molecule has 10 heteroatoms. The second-order valence-corrected chi connectivity index (χ2v) is 13.8. The Morgan fingerprint density at radius 1 is 0.792 bits per heavy atom. The van der Waals surface area contributed by atoms with E-state index in [9.17, 15) is 31.5 Å². The number of nitrogens with zero attached hydrogens (tertiary/aromatic N) is 3. The van der Waals surface area contributed by atoms with Crippen LogP contribution in [0.15, 0.2) is 95.8 Å². The first-order chi connectivity index (χ1) is 25.5. The van der Waals surface area contributed by atoms with Gasteiger partial charge >= 0.3 is 6.18 Å². The number of carbonyl (C=O) groups is 1. The highest BCUT2D eigenvalue weighted by Crippen LogP contribution is 2.31. The fourth-order valence-electron chi connectivity index (χ4n) is 7.20. The molecule has 0 atom stereocenters. The van der Waals surface area contributed by atoms with Crippen molar-refractivity contribution < 1.29 is 26.7 Å². The molecule has 53 heavy (non-hydrogen) atoms. The zero-order chi connectivity index (χ0) is 37.5. The number of carbonyl (C=O) groups excluding carboxylic acids is 1. The lowest BCUT2D eigenvalue weighted by Crippen LogP contribution is -2.34. The summed E-state index contributed by atoms with van der Waals surface area (Å²) < 4.78 is 69.6. The maximum atomic E-state index is 14.6. The summed E-state index contributed by atoms with van der Waals surface area (Å²) in [6.45, 7) is 5.76. The van der Waals surface area contributed by atoms with Crippen molar-refractivity contribution in [2.75, 3.05) is 26.2 Å². The Morgan fingerprint density at radius 3 is 2.15 bits per heavy atom. The number of aromatic nitrogens is 1. The molecule has 5 aromatic rings. The summed E-state index contributed by atoms with van der Waals surface area (Å²) in [5.74, 6) is -2.04. The maximum absolute atomic E-state index is 14.6. The Morgan fingerprint density at radius 2 is 1.47 bits per heavy atom. The first-order valence-electron chi connectivity index (χ1n) is 18.3. The van der Waals surface area contributed by atoms with E-state index in [1.165, 1.54) is 49.6 Å². The molecule has 0 unspecified atom stereocenters. The van der Waals surface area contributed by atoms with Crippen molar-refractivity contribution in [2.45, 2.75) is 71.1 Å². The zero-order valence-electron chi connectivity index (χ0n) is 29.9. The molecule has 5 nitrogen and oxygen atoms in total. The summed E-state index contributed by atoms with van der Waals surface area (Å²) in [5.41, 5.74) is 3.78. The molecule has 1 saturated heterocycles. The van der Waals surface area contributed by atoms with E-state index in [4.69, 9.17) is 0 Å². The van der Waals surface area contributed by atoms with Gasteiger partial charge in [0.05, 0.1) is 11.1 Å². The molecule has 0 aliphatic carbocycles. The average molecular weight is 730 g/mol. The second kappa shape index (κ2) is 16.9. The number of likely N-dealkylation sites (tertiary alicyclic amines) is 1. The van der Waals surface area contributed by atoms with Crippen LogP contribution < -0.4 is 5.43 Å². The molecular weight excluding hydrogens is 685 g/mol. The lowest BCUT2D eigenvalue weighted by molar-refractivity contribution is -0.137. The third-order valence-corrected chi connectivity index (χ3v) is 10.2. The van der Waals surface area contributed by atoms with Gasteiger partial charge in [0.15, 0.2) is 17.1 Å². The van der Waals surface area contributed by atoms with Crippen molar-refractivity contribution in [1.29, 1.82) is 0 Å². The van der Waals surface area contributed by atoms with Crippen LogP contribution in [0.2, 0.25) is 0 Å². The van der Waals surface area contributed by atoms with E-state index < -0.39 is 23.4 Å². The molecule has 1 aromatic heterocycles. The molecule has 1 amide bonds. The standard InChI is InChI=1S/C43H44F5N3O2/c1-2-50(28-31-11-14-32(15-12-31)33-16-19-35(20-17-33)43(46,47)48)41(53)29-51-36(21-18-34-9-6-10-38(44)42(34)45)27-40(52)37-22-13-30(26-39(37)51)8-7-25-49-23-4-3-5-24-49/h6,9-17,19-20,22,26-27H,2-5,7-8,18,21,23-25,28-29H2,1H3. The van der Waals surface area contributed by atoms with Gasteiger partial charge in [0, 0.05) is 30.2 Å². The summed E-state index contributed by atoms with van der Waals surface area (Å²) in [6.07, 6.45) is 1.46. The third kappa shape index (κ3) is 9.40. The minimum absolute atomic E-state index is 0.0630. The Kier molecular flexibility index (Phi) is 12.1. The summed E-state index contributed by atoms with van der Waals surface area (Å²) in [4.78, 5) is 31.7. The van der Waals surface area contributed by atoms with Crippen LogP contribution in [0.25, 0.3) is 22.0 Å².